The van der Waals surface area contributed by atoms with Crippen molar-refractivity contribution in [1.82, 2.24) is 10.2 Å². The van der Waals surface area contributed by atoms with Crippen LogP contribution in [0, 0.1) is 0 Å². The van der Waals surface area contributed by atoms with E-state index in [9.17, 15) is 0 Å². The molecule has 0 radical (unpaired) electrons. The van der Waals surface area contributed by atoms with Crippen molar-refractivity contribution < 1.29 is 0 Å². The van der Waals surface area contributed by atoms with Gasteiger partial charge in [-0.1, -0.05) is 0 Å². The van der Waals surface area contributed by atoms with E-state index in [-0.39, 0.29) is 0 Å². The Morgan fingerprint density at radius 3 is 2.09 bits per heavy atom. The van der Waals surface area contributed by atoms with Crippen molar-refractivity contribution in [3.05, 3.63) is 12.4 Å². The van der Waals surface area contributed by atoms with Gasteiger partial charge in [0.05, 0.1) is 0 Å². The number of rotatable bonds is 4. The minimum Gasteiger partial charge on any atom is -0.388 e. The van der Waals surface area contributed by atoms with Gasteiger partial charge in [-0.05, 0) is 27.7 Å². The van der Waals surface area contributed by atoms with E-state index in [1.807, 2.05) is 6.20 Å². The summed E-state index contributed by atoms with van der Waals surface area (Å²) in [5, 5.41) is 3.21. The Balaban J connectivity index is 3.56. The molecule has 0 atom stereocenters. The quantitative estimate of drug-likeness (QED) is 0.667. The first kappa shape index (κ1) is 10.3. The van der Waals surface area contributed by atoms with Crippen LogP contribution in [0.4, 0.5) is 0 Å². The lowest BCUT2D eigenvalue weighted by Gasteiger charge is -2.18. The molecule has 0 bridgehead atoms. The summed E-state index contributed by atoms with van der Waals surface area (Å²) in [6, 6.07) is 1.09. The average molecular weight is 156 g/mol. The molecule has 0 fully saturated rings. The van der Waals surface area contributed by atoms with Crippen LogP contribution in [0.2, 0.25) is 0 Å². The molecule has 0 aliphatic rings. The fourth-order valence-corrected chi connectivity index (χ4v) is 0.525. The second kappa shape index (κ2) is 5.05. The molecular formula is C9H20N2. The van der Waals surface area contributed by atoms with Gasteiger partial charge in [0, 0.05) is 31.5 Å². The molecule has 0 saturated heterocycles. The van der Waals surface area contributed by atoms with E-state index in [4.69, 9.17) is 0 Å². The maximum Gasteiger partial charge on any atom is 0.0225 e. The van der Waals surface area contributed by atoms with Crippen LogP contribution < -0.4 is 5.32 Å². The summed E-state index contributed by atoms with van der Waals surface area (Å²) < 4.78 is 0. The van der Waals surface area contributed by atoms with Crippen molar-refractivity contribution >= 4 is 0 Å². The first-order chi connectivity index (χ1) is 5.04. The van der Waals surface area contributed by atoms with Gasteiger partial charge in [-0.15, -0.1) is 0 Å². The number of hydrogen-bond acceptors (Lipinski definition) is 2. The first-order valence-electron chi connectivity index (χ1n) is 4.18. The van der Waals surface area contributed by atoms with Crippen LogP contribution in [-0.4, -0.2) is 24.0 Å². The first-order valence-corrected chi connectivity index (χ1v) is 4.18. The zero-order valence-electron chi connectivity index (χ0n) is 8.26. The maximum absolute atomic E-state index is 3.21. The van der Waals surface area contributed by atoms with Gasteiger partial charge in [0.25, 0.3) is 0 Å². The molecule has 0 aliphatic carbocycles. The minimum atomic E-state index is 0.520. The third-order valence-electron chi connectivity index (χ3n) is 1.55. The Hall–Kier alpha value is -0.660. The fraction of sp³-hybridized carbons (Fsp3) is 0.778. The molecule has 0 saturated carbocycles. The average Bonchev–Trinajstić information content (AvgIpc) is 1.86. The van der Waals surface area contributed by atoms with Gasteiger partial charge in [-0.25, -0.2) is 0 Å². The smallest absolute Gasteiger partial charge is 0.0225 e. The van der Waals surface area contributed by atoms with E-state index >= 15 is 0 Å². The van der Waals surface area contributed by atoms with Crippen LogP contribution in [0.15, 0.2) is 12.4 Å². The summed E-state index contributed by atoms with van der Waals surface area (Å²) >= 11 is 0. The Morgan fingerprint density at radius 2 is 1.73 bits per heavy atom. The van der Waals surface area contributed by atoms with Crippen molar-refractivity contribution in [3.8, 4) is 0 Å². The summed E-state index contributed by atoms with van der Waals surface area (Å²) in [4.78, 5) is 2.16. The zero-order valence-corrected chi connectivity index (χ0v) is 8.26. The van der Waals surface area contributed by atoms with Crippen LogP contribution in [-0.2, 0) is 0 Å². The van der Waals surface area contributed by atoms with Gasteiger partial charge in [0.15, 0.2) is 0 Å². The third-order valence-corrected chi connectivity index (χ3v) is 1.55. The van der Waals surface area contributed by atoms with Crippen LogP contribution >= 0.6 is 0 Å². The Kier molecular flexibility index (Phi) is 4.75. The van der Waals surface area contributed by atoms with Crippen molar-refractivity contribution in [3.63, 3.8) is 0 Å². The lowest BCUT2D eigenvalue weighted by Crippen LogP contribution is -2.22. The second-order valence-electron chi connectivity index (χ2n) is 3.40. The van der Waals surface area contributed by atoms with Crippen molar-refractivity contribution in [2.45, 2.75) is 39.8 Å². The standard InChI is InChI=1S/C9H20N2/c1-8(2)10-6-7-11(5)9(3)4/h6-10H,1-5H3/b7-6-. The summed E-state index contributed by atoms with van der Waals surface area (Å²) in [5.74, 6) is 0. The van der Waals surface area contributed by atoms with Crippen molar-refractivity contribution in [2.75, 3.05) is 7.05 Å². The van der Waals surface area contributed by atoms with Gasteiger partial charge in [0.1, 0.15) is 0 Å². The number of nitrogens with zero attached hydrogens (tertiary/aromatic N) is 1. The Bertz CT molecular complexity index is 117. The molecule has 0 amide bonds. The predicted molar refractivity (Wildman–Crippen MR) is 50.3 cm³/mol. The Morgan fingerprint density at radius 1 is 1.18 bits per heavy atom. The van der Waals surface area contributed by atoms with Crippen LogP contribution in [0.1, 0.15) is 27.7 Å². The van der Waals surface area contributed by atoms with Gasteiger partial charge < -0.3 is 10.2 Å². The molecule has 2 nitrogen and oxygen atoms in total. The largest absolute Gasteiger partial charge is 0.388 e. The predicted octanol–water partition coefficient (Wildman–Crippen LogP) is 1.80. The normalized spacial score (nSPS) is 11.5. The lowest BCUT2D eigenvalue weighted by molar-refractivity contribution is 0.373. The molecule has 11 heavy (non-hydrogen) atoms. The van der Waals surface area contributed by atoms with E-state index in [0.717, 1.165) is 0 Å². The monoisotopic (exact) mass is 156 g/mol. The van der Waals surface area contributed by atoms with Gasteiger partial charge in [0.2, 0.25) is 0 Å². The summed E-state index contributed by atoms with van der Waals surface area (Å²) in [6.45, 7) is 8.58. The molecule has 0 rings (SSSR count). The minimum absolute atomic E-state index is 0.520. The van der Waals surface area contributed by atoms with Gasteiger partial charge in [-0.3, -0.25) is 0 Å². The molecule has 0 spiro atoms. The van der Waals surface area contributed by atoms with Crippen molar-refractivity contribution in [2.24, 2.45) is 0 Å². The molecular weight excluding hydrogens is 136 g/mol. The van der Waals surface area contributed by atoms with E-state index in [2.05, 4.69) is 51.2 Å². The highest BCUT2D eigenvalue weighted by atomic mass is 15.1. The Labute approximate surface area is 70.3 Å². The second-order valence-corrected chi connectivity index (χ2v) is 3.40. The van der Waals surface area contributed by atoms with Crippen molar-refractivity contribution in [1.29, 1.82) is 0 Å². The highest BCUT2D eigenvalue weighted by Gasteiger charge is 1.94. The maximum atomic E-state index is 3.21. The van der Waals surface area contributed by atoms with Crippen LogP contribution in [0.3, 0.4) is 0 Å². The van der Waals surface area contributed by atoms with E-state index in [1.54, 1.807) is 0 Å². The highest BCUT2D eigenvalue weighted by molar-refractivity contribution is 4.81. The molecule has 1 N–H and O–H groups in total. The zero-order chi connectivity index (χ0) is 8.85. The van der Waals surface area contributed by atoms with Gasteiger partial charge >= 0.3 is 0 Å². The molecule has 0 heterocycles. The molecule has 0 aromatic rings. The molecule has 0 aliphatic heterocycles. The lowest BCUT2D eigenvalue weighted by atomic mass is 10.4. The SMILES string of the molecule is CC(C)N/C=C\N(C)C(C)C. The van der Waals surface area contributed by atoms with Gasteiger partial charge in [-0.2, -0.15) is 0 Å². The number of nitrogens with one attached hydrogen (secondary N) is 1. The fourth-order valence-electron chi connectivity index (χ4n) is 0.525. The van der Waals surface area contributed by atoms with Crippen LogP contribution in [0.25, 0.3) is 0 Å². The van der Waals surface area contributed by atoms with Crippen LogP contribution in [0.5, 0.6) is 0 Å². The van der Waals surface area contributed by atoms with E-state index in [1.165, 1.54) is 0 Å². The summed E-state index contributed by atoms with van der Waals surface area (Å²) in [5.41, 5.74) is 0. The summed E-state index contributed by atoms with van der Waals surface area (Å²) in [7, 11) is 2.07. The molecule has 66 valence electrons. The third kappa shape index (κ3) is 5.77. The number of hydrogen-bond donors (Lipinski definition) is 1. The molecule has 0 aromatic carbocycles. The topological polar surface area (TPSA) is 15.3 Å². The van der Waals surface area contributed by atoms with E-state index in [0.29, 0.717) is 12.1 Å². The summed E-state index contributed by atoms with van der Waals surface area (Å²) in [6.07, 6.45) is 4.05. The highest BCUT2D eigenvalue weighted by Crippen LogP contribution is 1.92. The molecule has 0 unspecified atom stereocenters. The molecule has 2 heteroatoms. The molecule has 0 aromatic heterocycles. The van der Waals surface area contributed by atoms with E-state index < -0.39 is 0 Å².